The number of piperazine rings is 1. The number of nitrogens with one attached hydrogen (secondary N) is 1. The summed E-state index contributed by atoms with van der Waals surface area (Å²) in [4.78, 5) is 59.8. The minimum atomic E-state index is -0.523. The van der Waals surface area contributed by atoms with Gasteiger partial charge in [0.2, 0.25) is 11.9 Å². The summed E-state index contributed by atoms with van der Waals surface area (Å²) in [6.45, 7) is 17.6. The molecule has 2 amide bonds. The van der Waals surface area contributed by atoms with Gasteiger partial charge in [-0.25, -0.2) is 34.4 Å². The van der Waals surface area contributed by atoms with E-state index in [4.69, 9.17) is 44.2 Å². The van der Waals surface area contributed by atoms with Crippen LogP contribution in [0, 0.1) is 0 Å². The fourth-order valence-electron chi connectivity index (χ4n) is 9.11. The van der Waals surface area contributed by atoms with Crippen LogP contribution in [0.3, 0.4) is 0 Å². The van der Waals surface area contributed by atoms with Crippen molar-refractivity contribution in [2.24, 2.45) is 0 Å². The van der Waals surface area contributed by atoms with Gasteiger partial charge in [0.05, 0.1) is 96.7 Å². The van der Waals surface area contributed by atoms with E-state index in [0.717, 1.165) is 84.1 Å². The molecule has 3 aliphatic heterocycles. The Morgan fingerprint density at radius 3 is 2.18 bits per heavy atom. The lowest BCUT2D eigenvalue weighted by atomic mass is 9.97. The number of amides is 2. The predicted octanol–water partition coefficient (Wildman–Crippen LogP) is 4.26. The number of hydrogen-bond acceptors (Lipinski definition) is 17. The minimum Gasteiger partial charge on any atom is -0.444 e. The van der Waals surface area contributed by atoms with Gasteiger partial charge in [-0.05, 0) is 56.0 Å². The number of H-pyrrole nitrogens is 1. The summed E-state index contributed by atoms with van der Waals surface area (Å²) in [5, 5.41) is 6.63. The third kappa shape index (κ3) is 13.2. The maximum Gasteiger partial charge on any atom is 0.410 e. The Kier molecular flexibility index (Phi) is 16.8. The zero-order chi connectivity index (χ0) is 49.9. The van der Waals surface area contributed by atoms with Gasteiger partial charge in [-0.15, -0.1) is 0 Å². The highest BCUT2D eigenvalue weighted by Crippen LogP contribution is 2.32. The maximum atomic E-state index is 13.1. The largest absolute Gasteiger partial charge is 0.444 e. The lowest BCUT2D eigenvalue weighted by Crippen LogP contribution is -2.48. The number of pyridine rings is 1. The number of aromatic nitrogens is 8. The molecule has 21 nitrogen and oxygen atoms in total. The molecule has 1 saturated heterocycles. The first kappa shape index (κ1) is 50.6. The summed E-state index contributed by atoms with van der Waals surface area (Å²) in [5.41, 5.74) is 14.3. The van der Waals surface area contributed by atoms with Crippen molar-refractivity contribution in [3.8, 4) is 11.3 Å². The second-order valence-electron chi connectivity index (χ2n) is 19.2. The molecule has 0 spiro atoms. The number of nitrogen functional groups attached to an aromatic ring is 1. The SMILES string of the molecule is CC(C)(C)OC(=O)N1CCc2nc(N3CCN(CCOCCOCCOCCOCCOCCC(=O)N4CCc5cc(Cn6nc(-c7cnc8[nH]ccc8c7)c7c(N)ncnc76)ccc5C4)CC3)ncc2C1. The van der Waals surface area contributed by atoms with Crippen molar-refractivity contribution in [1.82, 2.24) is 54.4 Å². The van der Waals surface area contributed by atoms with Crippen LogP contribution in [0.5, 0.6) is 0 Å². The molecule has 0 radical (unpaired) electrons. The van der Waals surface area contributed by atoms with Crippen molar-refractivity contribution >= 4 is 45.8 Å². The second-order valence-corrected chi connectivity index (χ2v) is 19.2. The van der Waals surface area contributed by atoms with Crippen LogP contribution in [0.4, 0.5) is 16.6 Å². The highest BCUT2D eigenvalue weighted by atomic mass is 16.6. The van der Waals surface area contributed by atoms with Gasteiger partial charge in [0.1, 0.15) is 29.1 Å². The summed E-state index contributed by atoms with van der Waals surface area (Å²) in [5.74, 6) is 1.20. The van der Waals surface area contributed by atoms with Gasteiger partial charge in [-0.2, -0.15) is 5.10 Å². The number of nitrogens with two attached hydrogens (primary N) is 1. The number of carbonyl (C=O) groups excluding carboxylic acids is 2. The number of hydrogen-bond donors (Lipinski definition) is 2. The maximum absolute atomic E-state index is 13.1. The Balaban J connectivity index is 0.568. The number of anilines is 2. The van der Waals surface area contributed by atoms with Crippen LogP contribution in [0.2, 0.25) is 0 Å². The molecule has 8 heterocycles. The minimum absolute atomic E-state index is 0.0785. The molecule has 6 aromatic rings. The third-order valence-electron chi connectivity index (χ3n) is 12.9. The van der Waals surface area contributed by atoms with Gasteiger partial charge in [-0.3, -0.25) is 9.69 Å². The highest BCUT2D eigenvalue weighted by Gasteiger charge is 2.28. The Morgan fingerprint density at radius 1 is 0.722 bits per heavy atom. The van der Waals surface area contributed by atoms with E-state index in [1.807, 2.05) is 54.9 Å². The van der Waals surface area contributed by atoms with Crippen LogP contribution in [0.1, 0.15) is 55.1 Å². The van der Waals surface area contributed by atoms with Crippen LogP contribution < -0.4 is 10.6 Å². The molecular formula is C51H67N13O8. The summed E-state index contributed by atoms with van der Waals surface area (Å²) in [6, 6.07) is 10.4. The molecule has 72 heavy (non-hydrogen) atoms. The quantitative estimate of drug-likeness (QED) is 0.0906. The Morgan fingerprint density at radius 2 is 1.43 bits per heavy atom. The Bertz CT molecular complexity index is 2770. The number of rotatable bonds is 22. The van der Waals surface area contributed by atoms with E-state index < -0.39 is 5.60 Å². The van der Waals surface area contributed by atoms with Crippen molar-refractivity contribution in [3.63, 3.8) is 0 Å². The lowest BCUT2D eigenvalue weighted by Gasteiger charge is -2.35. The van der Waals surface area contributed by atoms with Gasteiger partial charge < -0.3 is 53.8 Å². The molecule has 384 valence electrons. The first-order valence-corrected chi connectivity index (χ1v) is 25.0. The van der Waals surface area contributed by atoms with E-state index in [1.165, 1.54) is 11.9 Å². The number of fused-ring (bicyclic) bond motifs is 4. The van der Waals surface area contributed by atoms with Crippen molar-refractivity contribution < 1.29 is 38.0 Å². The van der Waals surface area contributed by atoms with Gasteiger partial charge in [0.15, 0.2) is 5.65 Å². The molecule has 3 aliphatic rings. The monoisotopic (exact) mass is 990 g/mol. The fourth-order valence-corrected chi connectivity index (χ4v) is 9.11. The van der Waals surface area contributed by atoms with Gasteiger partial charge in [-0.1, -0.05) is 18.2 Å². The van der Waals surface area contributed by atoms with E-state index in [2.05, 4.69) is 52.9 Å². The van der Waals surface area contributed by atoms with Crippen molar-refractivity contribution in [2.75, 3.05) is 123 Å². The van der Waals surface area contributed by atoms with Crippen molar-refractivity contribution in [3.05, 3.63) is 83.2 Å². The standard InChI is InChI=1S/C51H67N13O8/c1-51(2,3)72-50(66)63-12-8-42-41(34-63)31-55-49(58-42)61-15-13-60(14-16-61)17-19-68-21-23-70-25-27-71-26-24-69-22-20-67-18-9-43(65)62-11-7-37-28-36(4-5-39(37)33-62)32-64-48-44(46(52)56-35-57-48)45(59-64)40-29-38-6-10-53-47(38)54-30-40/h4-6,10,28-31,35H,7-9,11-27,32-34H2,1-3H3,(H,53,54)(H2,52,56,57). The first-order chi connectivity index (χ1) is 35.0. The van der Waals surface area contributed by atoms with Gasteiger partial charge >= 0.3 is 6.09 Å². The van der Waals surface area contributed by atoms with E-state index in [-0.39, 0.29) is 12.0 Å². The van der Waals surface area contributed by atoms with Crippen molar-refractivity contribution in [2.45, 2.75) is 65.3 Å². The third-order valence-corrected chi connectivity index (χ3v) is 12.9. The molecule has 0 bridgehead atoms. The molecule has 0 atom stereocenters. The van der Waals surface area contributed by atoms with E-state index in [1.54, 1.807) is 11.1 Å². The normalized spacial score (nSPS) is 15.3. The van der Waals surface area contributed by atoms with Crippen LogP contribution in [-0.4, -0.2) is 184 Å². The topological polar surface area (TPSA) is 227 Å². The Hall–Kier alpha value is -6.36. The molecule has 3 N–H and O–H groups in total. The molecule has 1 aromatic carbocycles. The smallest absolute Gasteiger partial charge is 0.410 e. The molecule has 0 aliphatic carbocycles. The predicted molar refractivity (Wildman–Crippen MR) is 269 cm³/mol. The van der Waals surface area contributed by atoms with Crippen LogP contribution >= 0.6 is 0 Å². The van der Waals surface area contributed by atoms with Gasteiger partial charge in [0, 0.05) is 93.9 Å². The lowest BCUT2D eigenvalue weighted by molar-refractivity contribution is -0.133. The summed E-state index contributed by atoms with van der Waals surface area (Å²) in [7, 11) is 0. The zero-order valence-corrected chi connectivity index (χ0v) is 41.7. The fraction of sp³-hybridized carbons (Fsp3) is 0.529. The number of carbonyl (C=O) groups is 2. The van der Waals surface area contributed by atoms with E-state index >= 15 is 0 Å². The molecule has 0 saturated carbocycles. The molecule has 9 rings (SSSR count). The molecule has 1 fully saturated rings. The van der Waals surface area contributed by atoms with Crippen LogP contribution in [-0.2, 0) is 65.7 Å². The van der Waals surface area contributed by atoms with Crippen LogP contribution in [0.15, 0.2) is 55.2 Å². The number of nitrogens with zero attached hydrogens (tertiary/aromatic N) is 11. The number of benzene rings is 1. The van der Waals surface area contributed by atoms with Crippen molar-refractivity contribution in [1.29, 1.82) is 0 Å². The summed E-state index contributed by atoms with van der Waals surface area (Å²) >= 11 is 0. The van der Waals surface area contributed by atoms with E-state index in [9.17, 15) is 9.59 Å². The molecule has 21 heteroatoms. The zero-order valence-electron chi connectivity index (χ0n) is 41.7. The second kappa shape index (κ2) is 23.9. The highest BCUT2D eigenvalue weighted by molar-refractivity contribution is 5.99. The average molecular weight is 990 g/mol. The number of aromatic amines is 1. The van der Waals surface area contributed by atoms with Gasteiger partial charge in [0.25, 0.3) is 0 Å². The number of ether oxygens (including phenoxy) is 6. The molecular weight excluding hydrogens is 923 g/mol. The summed E-state index contributed by atoms with van der Waals surface area (Å²) < 4.78 is 35.9. The van der Waals surface area contributed by atoms with E-state index in [0.29, 0.717) is 134 Å². The average Bonchev–Trinajstić information content (AvgIpc) is 4.01. The summed E-state index contributed by atoms with van der Waals surface area (Å²) in [6.07, 6.45) is 8.45. The van der Waals surface area contributed by atoms with Crippen LogP contribution in [0.25, 0.3) is 33.3 Å². The molecule has 5 aromatic heterocycles. The molecule has 0 unspecified atom stereocenters. The Labute approximate surface area is 419 Å². The first-order valence-electron chi connectivity index (χ1n) is 25.0.